The van der Waals surface area contributed by atoms with Crippen molar-refractivity contribution < 1.29 is 9.53 Å². The molecule has 0 heterocycles. The normalized spacial score (nSPS) is 18.7. The standard InChI is InChI=1S/C10H18.C5H8O2/c1-8-5-6-10(3,4)7-9(8)2;1-3-4-5(6)7-2/h5-7H2,1-4H3;3-4H,1-2H3. The van der Waals surface area contributed by atoms with E-state index in [1.807, 2.05) is 0 Å². The molecule has 98 valence electrons. The number of rotatable bonds is 1. The summed E-state index contributed by atoms with van der Waals surface area (Å²) in [5.41, 5.74) is 3.82. The van der Waals surface area contributed by atoms with Crippen LogP contribution < -0.4 is 0 Å². The van der Waals surface area contributed by atoms with E-state index in [0.717, 1.165) is 0 Å². The van der Waals surface area contributed by atoms with E-state index in [0.29, 0.717) is 5.41 Å². The molecule has 0 saturated heterocycles. The lowest BCUT2D eigenvalue weighted by molar-refractivity contribution is -0.134. The van der Waals surface area contributed by atoms with Crippen molar-refractivity contribution in [2.24, 2.45) is 5.41 Å². The number of esters is 1. The van der Waals surface area contributed by atoms with Gasteiger partial charge in [-0.25, -0.2) is 4.79 Å². The quantitative estimate of drug-likeness (QED) is 0.387. The fraction of sp³-hybridized carbons (Fsp3) is 0.667. The second-order valence-corrected chi connectivity index (χ2v) is 5.42. The number of carbonyl (C=O) groups is 1. The van der Waals surface area contributed by atoms with Gasteiger partial charge in [0.2, 0.25) is 0 Å². The van der Waals surface area contributed by atoms with Gasteiger partial charge in [0.15, 0.2) is 0 Å². The molecule has 2 heteroatoms. The van der Waals surface area contributed by atoms with Crippen molar-refractivity contribution in [3.63, 3.8) is 0 Å². The van der Waals surface area contributed by atoms with Gasteiger partial charge in [0, 0.05) is 6.08 Å². The molecular formula is C15H26O2. The smallest absolute Gasteiger partial charge is 0.330 e. The predicted octanol–water partition coefficient (Wildman–Crippen LogP) is 4.27. The molecule has 0 spiro atoms. The lowest BCUT2D eigenvalue weighted by atomic mass is 9.75. The molecule has 0 atom stereocenters. The number of methoxy groups -OCH3 is 1. The van der Waals surface area contributed by atoms with E-state index in [4.69, 9.17) is 0 Å². The van der Waals surface area contributed by atoms with Gasteiger partial charge in [0.05, 0.1) is 7.11 Å². The van der Waals surface area contributed by atoms with Crippen LogP contribution in [0.3, 0.4) is 0 Å². The molecule has 0 saturated carbocycles. The molecular weight excluding hydrogens is 212 g/mol. The lowest BCUT2D eigenvalue weighted by Crippen LogP contribution is -2.16. The molecule has 0 N–H and O–H groups in total. The summed E-state index contributed by atoms with van der Waals surface area (Å²) in [5.74, 6) is -0.303. The van der Waals surface area contributed by atoms with Gasteiger partial charge in [-0.05, 0) is 45.4 Å². The summed E-state index contributed by atoms with van der Waals surface area (Å²) < 4.78 is 4.26. The highest BCUT2D eigenvalue weighted by molar-refractivity contribution is 5.81. The van der Waals surface area contributed by atoms with Crippen LogP contribution in [0.1, 0.15) is 53.9 Å². The molecule has 2 nitrogen and oxygen atoms in total. The molecule has 1 aliphatic rings. The summed E-state index contributed by atoms with van der Waals surface area (Å²) >= 11 is 0. The van der Waals surface area contributed by atoms with E-state index in [-0.39, 0.29) is 5.97 Å². The van der Waals surface area contributed by atoms with Gasteiger partial charge < -0.3 is 4.74 Å². The van der Waals surface area contributed by atoms with Crippen molar-refractivity contribution in [3.05, 3.63) is 23.3 Å². The first-order valence-electron chi connectivity index (χ1n) is 6.18. The zero-order chi connectivity index (χ0) is 13.5. The zero-order valence-electron chi connectivity index (χ0n) is 12.1. The van der Waals surface area contributed by atoms with Crippen molar-refractivity contribution in [2.45, 2.75) is 53.9 Å². The molecule has 0 unspecified atom stereocenters. The van der Waals surface area contributed by atoms with E-state index < -0.39 is 0 Å². The van der Waals surface area contributed by atoms with Crippen LogP contribution in [0.15, 0.2) is 23.3 Å². The monoisotopic (exact) mass is 238 g/mol. The topological polar surface area (TPSA) is 26.3 Å². The average molecular weight is 238 g/mol. The second-order valence-electron chi connectivity index (χ2n) is 5.42. The Bertz CT molecular complexity index is 309. The number of ether oxygens (including phenoxy) is 1. The number of hydrogen-bond donors (Lipinski definition) is 0. The molecule has 0 aromatic heterocycles. The fourth-order valence-electron chi connectivity index (χ4n) is 1.90. The summed E-state index contributed by atoms with van der Waals surface area (Å²) in [7, 11) is 1.35. The van der Waals surface area contributed by atoms with Crippen molar-refractivity contribution in [1.82, 2.24) is 0 Å². The summed E-state index contributed by atoms with van der Waals surface area (Å²) in [6.45, 7) is 11.0. The van der Waals surface area contributed by atoms with Gasteiger partial charge in [-0.1, -0.05) is 31.1 Å². The number of allylic oxidation sites excluding steroid dienone is 3. The highest BCUT2D eigenvalue weighted by Gasteiger charge is 2.22. The summed E-state index contributed by atoms with van der Waals surface area (Å²) in [4.78, 5) is 10.1. The minimum absolute atomic E-state index is 0.303. The molecule has 0 aliphatic heterocycles. The Balaban J connectivity index is 0.000000325. The SMILES string of the molecule is CC1=C(C)CC(C)(C)CC1.CC=CC(=O)OC. The third-order valence-corrected chi connectivity index (χ3v) is 3.15. The van der Waals surface area contributed by atoms with E-state index in [2.05, 4.69) is 32.4 Å². The maximum absolute atomic E-state index is 10.1. The van der Waals surface area contributed by atoms with E-state index in [9.17, 15) is 4.79 Å². The number of hydrogen-bond acceptors (Lipinski definition) is 2. The minimum Gasteiger partial charge on any atom is -0.466 e. The van der Waals surface area contributed by atoms with Crippen LogP contribution in [-0.4, -0.2) is 13.1 Å². The minimum atomic E-state index is -0.303. The van der Waals surface area contributed by atoms with Crippen molar-refractivity contribution in [1.29, 1.82) is 0 Å². The van der Waals surface area contributed by atoms with Crippen LogP contribution in [0.2, 0.25) is 0 Å². The van der Waals surface area contributed by atoms with Crippen LogP contribution in [0.25, 0.3) is 0 Å². The highest BCUT2D eigenvalue weighted by atomic mass is 16.5. The predicted molar refractivity (Wildman–Crippen MR) is 72.8 cm³/mol. The first kappa shape index (κ1) is 16.0. The summed E-state index contributed by atoms with van der Waals surface area (Å²) in [6, 6.07) is 0. The van der Waals surface area contributed by atoms with Crippen LogP contribution in [0, 0.1) is 5.41 Å². The molecule has 17 heavy (non-hydrogen) atoms. The number of carbonyl (C=O) groups excluding carboxylic acids is 1. The average Bonchev–Trinajstić information content (AvgIpc) is 2.25. The van der Waals surface area contributed by atoms with E-state index in [1.165, 1.54) is 32.4 Å². The second kappa shape index (κ2) is 7.31. The molecule has 1 aliphatic carbocycles. The molecule has 0 aromatic carbocycles. The first-order valence-corrected chi connectivity index (χ1v) is 6.18. The van der Waals surface area contributed by atoms with Crippen molar-refractivity contribution in [2.75, 3.05) is 7.11 Å². The van der Waals surface area contributed by atoms with Gasteiger partial charge in [0.1, 0.15) is 0 Å². The molecule has 0 bridgehead atoms. The third-order valence-electron chi connectivity index (χ3n) is 3.15. The van der Waals surface area contributed by atoms with Gasteiger partial charge >= 0.3 is 5.97 Å². The lowest BCUT2D eigenvalue weighted by Gasteiger charge is -2.30. The Kier molecular flexibility index (Phi) is 6.86. The zero-order valence-corrected chi connectivity index (χ0v) is 12.1. The van der Waals surface area contributed by atoms with Crippen LogP contribution in [0.4, 0.5) is 0 Å². The Morgan fingerprint density at radius 3 is 2.18 bits per heavy atom. The van der Waals surface area contributed by atoms with Crippen LogP contribution in [-0.2, 0) is 9.53 Å². The Morgan fingerprint density at radius 2 is 1.88 bits per heavy atom. The largest absolute Gasteiger partial charge is 0.466 e. The highest BCUT2D eigenvalue weighted by Crippen LogP contribution is 2.37. The molecule has 0 radical (unpaired) electrons. The molecule has 0 fully saturated rings. The van der Waals surface area contributed by atoms with Gasteiger partial charge in [-0.2, -0.15) is 0 Å². The third kappa shape index (κ3) is 6.98. The summed E-state index contributed by atoms with van der Waals surface area (Å²) in [5, 5.41) is 0. The van der Waals surface area contributed by atoms with Gasteiger partial charge in [0.25, 0.3) is 0 Å². The van der Waals surface area contributed by atoms with E-state index >= 15 is 0 Å². The Hall–Kier alpha value is -1.05. The van der Waals surface area contributed by atoms with Gasteiger partial charge in [-0.3, -0.25) is 0 Å². The maximum Gasteiger partial charge on any atom is 0.330 e. The Labute approximate surface area is 106 Å². The molecule has 0 amide bonds. The molecule has 0 aromatic rings. The molecule has 1 rings (SSSR count). The van der Waals surface area contributed by atoms with Crippen LogP contribution in [0.5, 0.6) is 0 Å². The maximum atomic E-state index is 10.1. The summed E-state index contributed by atoms with van der Waals surface area (Å²) in [6.07, 6.45) is 6.99. The van der Waals surface area contributed by atoms with Gasteiger partial charge in [-0.15, -0.1) is 0 Å². The van der Waals surface area contributed by atoms with Crippen LogP contribution >= 0.6 is 0 Å². The van der Waals surface area contributed by atoms with Crippen molar-refractivity contribution in [3.8, 4) is 0 Å². The van der Waals surface area contributed by atoms with E-state index in [1.54, 1.807) is 24.1 Å². The van der Waals surface area contributed by atoms with Crippen molar-refractivity contribution >= 4 is 5.97 Å². The Morgan fingerprint density at radius 1 is 1.29 bits per heavy atom. The first-order chi connectivity index (χ1) is 7.82. The fourth-order valence-corrected chi connectivity index (χ4v) is 1.90.